The van der Waals surface area contributed by atoms with Crippen LogP contribution in [0.5, 0.6) is 0 Å². The Hall–Kier alpha value is -3.20. The van der Waals surface area contributed by atoms with Crippen LogP contribution in [0.15, 0.2) is 53.3 Å². The summed E-state index contributed by atoms with van der Waals surface area (Å²) in [4.78, 5) is 20.3. The molecule has 1 aliphatic rings. The fourth-order valence-electron chi connectivity index (χ4n) is 4.89. The number of hydrogen-bond donors (Lipinski definition) is 1. The van der Waals surface area contributed by atoms with E-state index in [4.69, 9.17) is 10.1 Å². The molecule has 180 valence electrons. The first-order chi connectivity index (χ1) is 16.8. The van der Waals surface area contributed by atoms with Gasteiger partial charge in [-0.25, -0.2) is 23.1 Å². The lowest BCUT2D eigenvalue weighted by Gasteiger charge is -2.29. The van der Waals surface area contributed by atoms with Gasteiger partial charge < -0.3 is 5.11 Å². The number of carboxylic acid groups (broad SMARTS) is 1. The molecule has 0 spiro atoms. The van der Waals surface area contributed by atoms with Crippen LogP contribution in [0.25, 0.3) is 28.0 Å². The molecule has 0 aliphatic heterocycles. The summed E-state index contributed by atoms with van der Waals surface area (Å²) in [5.41, 5.74) is 4.48. The molecule has 1 fully saturated rings. The molecular formula is C26H23BrF2N4O2. The van der Waals surface area contributed by atoms with Gasteiger partial charge in [-0.1, -0.05) is 30.3 Å². The van der Waals surface area contributed by atoms with E-state index in [0.717, 1.165) is 15.9 Å². The van der Waals surface area contributed by atoms with Crippen LogP contribution in [-0.4, -0.2) is 36.8 Å². The van der Waals surface area contributed by atoms with Crippen molar-refractivity contribution in [2.45, 2.75) is 44.7 Å². The van der Waals surface area contributed by atoms with Crippen molar-refractivity contribution in [2.24, 2.45) is 5.92 Å². The predicted molar refractivity (Wildman–Crippen MR) is 131 cm³/mol. The quantitative estimate of drug-likeness (QED) is 0.318. The number of halogens is 3. The van der Waals surface area contributed by atoms with Crippen LogP contribution < -0.4 is 0 Å². The van der Waals surface area contributed by atoms with Crippen molar-refractivity contribution >= 4 is 27.5 Å². The van der Waals surface area contributed by atoms with Crippen LogP contribution in [-0.2, 0) is 4.79 Å². The van der Waals surface area contributed by atoms with E-state index in [1.807, 2.05) is 37.3 Å². The monoisotopic (exact) mass is 540 g/mol. The molecule has 1 saturated carbocycles. The van der Waals surface area contributed by atoms with E-state index in [1.54, 1.807) is 16.9 Å². The molecule has 9 heteroatoms. The lowest BCUT2D eigenvalue weighted by Crippen LogP contribution is -2.28. The van der Waals surface area contributed by atoms with Gasteiger partial charge in [-0.3, -0.25) is 4.98 Å². The van der Waals surface area contributed by atoms with Crippen LogP contribution >= 0.6 is 15.9 Å². The third-order valence-corrected chi connectivity index (χ3v) is 7.82. The number of nitrogens with zero attached hydrogens (tertiary/aromatic N) is 4. The zero-order valence-electron chi connectivity index (χ0n) is 19.0. The standard InChI is InChI=1S/C26H23BrF2N4O2/c1-14-21(27)24(17-9-7-15(8-10-17)22(29)26(34)35)32-25-19(13-31-33(14)25)18-11-20(28)23(30-12-18)16-5-3-2-4-6-16/h2-6,11-13,15,17,22H,7-10H2,1H3,(H,34,35). The topological polar surface area (TPSA) is 80.4 Å². The summed E-state index contributed by atoms with van der Waals surface area (Å²) in [7, 11) is 0. The van der Waals surface area contributed by atoms with Crippen LogP contribution in [0.2, 0.25) is 0 Å². The van der Waals surface area contributed by atoms with Crippen molar-refractivity contribution in [1.29, 1.82) is 0 Å². The van der Waals surface area contributed by atoms with Crippen LogP contribution in [0.1, 0.15) is 43.0 Å². The second kappa shape index (κ2) is 9.45. The molecule has 35 heavy (non-hydrogen) atoms. The first-order valence-electron chi connectivity index (χ1n) is 11.5. The summed E-state index contributed by atoms with van der Waals surface area (Å²) in [6.45, 7) is 1.92. The number of aromatic nitrogens is 4. The molecule has 4 aromatic rings. The number of pyridine rings is 1. The first kappa shape index (κ1) is 23.5. The minimum absolute atomic E-state index is 0.0587. The summed E-state index contributed by atoms with van der Waals surface area (Å²) in [5.74, 6) is -2.24. The van der Waals surface area contributed by atoms with E-state index in [9.17, 15) is 9.18 Å². The zero-order valence-corrected chi connectivity index (χ0v) is 20.5. The third kappa shape index (κ3) is 4.33. The number of aliphatic carboxylic acids is 1. The molecule has 1 unspecified atom stereocenters. The zero-order chi connectivity index (χ0) is 24.7. The average molecular weight is 541 g/mol. The van der Waals surface area contributed by atoms with E-state index in [0.29, 0.717) is 48.0 Å². The Morgan fingerprint density at radius 2 is 1.86 bits per heavy atom. The van der Waals surface area contributed by atoms with Gasteiger partial charge in [-0.05, 0) is 54.6 Å². The molecule has 1 atom stereocenters. The van der Waals surface area contributed by atoms with Crippen molar-refractivity contribution in [3.8, 4) is 22.4 Å². The van der Waals surface area contributed by atoms with Gasteiger partial charge in [0.2, 0.25) is 0 Å². The summed E-state index contributed by atoms with van der Waals surface area (Å²) >= 11 is 3.65. The van der Waals surface area contributed by atoms with Crippen molar-refractivity contribution in [2.75, 3.05) is 0 Å². The highest BCUT2D eigenvalue weighted by Gasteiger charge is 2.34. The minimum Gasteiger partial charge on any atom is -0.479 e. The van der Waals surface area contributed by atoms with Crippen LogP contribution in [0, 0.1) is 18.7 Å². The van der Waals surface area contributed by atoms with Gasteiger partial charge in [0.05, 0.1) is 22.1 Å². The molecule has 0 amide bonds. The summed E-state index contributed by atoms with van der Waals surface area (Å²) in [6, 6.07) is 10.6. The SMILES string of the molecule is Cc1c(Br)c(C2CCC(C(F)C(=O)O)CC2)nc2c(-c3cnc(-c4ccccc4)c(F)c3)cnn12. The van der Waals surface area contributed by atoms with Gasteiger partial charge in [0.25, 0.3) is 0 Å². The molecule has 0 radical (unpaired) electrons. The smallest absolute Gasteiger partial charge is 0.338 e. The molecule has 0 saturated heterocycles. The molecule has 6 nitrogen and oxygen atoms in total. The maximum absolute atomic E-state index is 15.0. The molecule has 1 aromatic carbocycles. The van der Waals surface area contributed by atoms with Gasteiger partial charge in [0.1, 0.15) is 11.5 Å². The molecule has 3 aromatic heterocycles. The van der Waals surface area contributed by atoms with E-state index in [-0.39, 0.29) is 11.6 Å². The maximum atomic E-state index is 15.0. The highest BCUT2D eigenvalue weighted by Crippen LogP contribution is 2.41. The van der Waals surface area contributed by atoms with E-state index >= 15 is 4.39 Å². The van der Waals surface area contributed by atoms with Crippen LogP contribution in [0.3, 0.4) is 0 Å². The van der Waals surface area contributed by atoms with E-state index in [2.05, 4.69) is 26.0 Å². The fourth-order valence-corrected chi connectivity index (χ4v) is 5.47. The summed E-state index contributed by atoms with van der Waals surface area (Å²) in [6.07, 6.45) is 3.70. The summed E-state index contributed by atoms with van der Waals surface area (Å²) < 4.78 is 31.5. The van der Waals surface area contributed by atoms with Crippen LogP contribution in [0.4, 0.5) is 8.78 Å². The van der Waals surface area contributed by atoms with Gasteiger partial charge in [-0.15, -0.1) is 0 Å². The first-order valence-corrected chi connectivity index (χ1v) is 12.3. The molecule has 5 rings (SSSR count). The predicted octanol–water partition coefficient (Wildman–Crippen LogP) is 6.36. The molecule has 0 bridgehead atoms. The van der Waals surface area contributed by atoms with Crippen molar-refractivity contribution in [3.05, 3.63) is 70.5 Å². The molecule has 1 N–H and O–H groups in total. The Labute approximate surface area is 209 Å². The highest BCUT2D eigenvalue weighted by molar-refractivity contribution is 9.10. The van der Waals surface area contributed by atoms with Crippen molar-refractivity contribution < 1.29 is 18.7 Å². The Bertz CT molecular complexity index is 1400. The third-order valence-electron chi connectivity index (χ3n) is 6.84. The Balaban J connectivity index is 1.49. The molecule has 3 heterocycles. The van der Waals surface area contributed by atoms with Crippen molar-refractivity contribution in [3.63, 3.8) is 0 Å². The van der Waals surface area contributed by atoms with Gasteiger partial charge in [0, 0.05) is 34.7 Å². The number of carbonyl (C=O) groups is 1. The number of alkyl halides is 1. The number of rotatable bonds is 5. The normalized spacial score (nSPS) is 19.1. The van der Waals surface area contributed by atoms with E-state index in [1.165, 1.54) is 6.07 Å². The fraction of sp³-hybridized carbons (Fsp3) is 0.308. The Morgan fingerprint density at radius 3 is 2.51 bits per heavy atom. The van der Waals surface area contributed by atoms with Gasteiger partial charge >= 0.3 is 5.97 Å². The lowest BCUT2D eigenvalue weighted by molar-refractivity contribution is -0.145. The van der Waals surface area contributed by atoms with Gasteiger partial charge in [-0.2, -0.15) is 5.10 Å². The highest BCUT2D eigenvalue weighted by atomic mass is 79.9. The largest absolute Gasteiger partial charge is 0.479 e. The number of aryl methyl sites for hydroxylation is 1. The average Bonchev–Trinajstić information content (AvgIpc) is 3.30. The Morgan fingerprint density at radius 1 is 1.14 bits per heavy atom. The maximum Gasteiger partial charge on any atom is 0.338 e. The second-order valence-electron chi connectivity index (χ2n) is 8.96. The molecule has 1 aliphatic carbocycles. The Kier molecular flexibility index (Phi) is 6.35. The van der Waals surface area contributed by atoms with Gasteiger partial charge in [0.15, 0.2) is 11.8 Å². The number of benzene rings is 1. The number of hydrogen-bond acceptors (Lipinski definition) is 4. The minimum atomic E-state index is -1.83. The number of fused-ring (bicyclic) bond motifs is 1. The molecular weight excluding hydrogens is 518 g/mol. The lowest BCUT2D eigenvalue weighted by atomic mass is 9.78. The second-order valence-corrected chi connectivity index (χ2v) is 9.76. The summed E-state index contributed by atoms with van der Waals surface area (Å²) in [5, 5.41) is 13.5. The van der Waals surface area contributed by atoms with E-state index < -0.39 is 23.9 Å². The van der Waals surface area contributed by atoms with Crippen molar-refractivity contribution in [1.82, 2.24) is 19.6 Å². The number of carboxylic acids is 1.